The van der Waals surface area contributed by atoms with Crippen molar-refractivity contribution in [2.75, 3.05) is 18.4 Å². The average molecular weight is 222 g/mol. The minimum atomic E-state index is -0.783. The number of rotatable bonds is 4. The number of phenolic OH excluding ortho intramolecular Hbond substituents is 1. The molecule has 0 aliphatic heterocycles. The highest BCUT2D eigenvalue weighted by Gasteiger charge is 2.04. The second-order valence-electron chi connectivity index (χ2n) is 3.02. The number of halogens is 1. The Morgan fingerprint density at radius 3 is 2.94 bits per heavy atom. The van der Waals surface area contributed by atoms with E-state index < -0.39 is 11.6 Å². The highest BCUT2D eigenvalue weighted by molar-refractivity contribution is 5.92. The van der Waals surface area contributed by atoms with Crippen molar-refractivity contribution < 1.29 is 14.3 Å². The minimum absolute atomic E-state index is 0.0483. The lowest BCUT2D eigenvalue weighted by Gasteiger charge is -2.05. The summed E-state index contributed by atoms with van der Waals surface area (Å²) in [4.78, 5) is 11.3. The third-order valence-electron chi connectivity index (χ3n) is 1.74. The van der Waals surface area contributed by atoms with Gasteiger partial charge in [0.25, 0.3) is 0 Å². The lowest BCUT2D eigenvalue weighted by Crippen LogP contribution is -2.28. The summed E-state index contributed by atoms with van der Waals surface area (Å²) in [5.41, 5.74) is 0.280. The number of phenols is 1. The van der Waals surface area contributed by atoms with Crippen molar-refractivity contribution >= 4 is 11.6 Å². The van der Waals surface area contributed by atoms with E-state index in [-0.39, 0.29) is 24.7 Å². The first kappa shape index (κ1) is 12.0. The summed E-state index contributed by atoms with van der Waals surface area (Å²) in [7, 11) is 0. The van der Waals surface area contributed by atoms with E-state index in [0.29, 0.717) is 0 Å². The molecule has 1 aromatic rings. The SMILES string of the molecule is C#CCNCC(=O)Nc1ccc(O)c(F)c1. The second-order valence-corrected chi connectivity index (χ2v) is 3.02. The summed E-state index contributed by atoms with van der Waals surface area (Å²) in [6.45, 7) is 0.337. The molecule has 0 fully saturated rings. The van der Waals surface area contributed by atoms with Crippen LogP contribution in [0.1, 0.15) is 0 Å². The van der Waals surface area contributed by atoms with E-state index in [9.17, 15) is 9.18 Å². The van der Waals surface area contributed by atoms with Crippen LogP contribution in [-0.2, 0) is 4.79 Å². The van der Waals surface area contributed by atoms with E-state index in [4.69, 9.17) is 11.5 Å². The second kappa shape index (κ2) is 5.73. The highest BCUT2D eigenvalue weighted by atomic mass is 19.1. The third-order valence-corrected chi connectivity index (χ3v) is 1.74. The third kappa shape index (κ3) is 3.59. The van der Waals surface area contributed by atoms with Crippen LogP contribution in [0.2, 0.25) is 0 Å². The lowest BCUT2D eigenvalue weighted by atomic mass is 10.3. The van der Waals surface area contributed by atoms with Crippen molar-refractivity contribution in [1.82, 2.24) is 5.32 Å². The molecule has 0 aromatic heterocycles. The summed E-state index contributed by atoms with van der Waals surface area (Å²) in [5.74, 6) is 0.748. The van der Waals surface area contributed by atoms with Gasteiger partial charge in [-0.25, -0.2) is 4.39 Å². The quantitative estimate of drug-likeness (QED) is 0.399. The van der Waals surface area contributed by atoms with Crippen LogP contribution >= 0.6 is 0 Å². The highest BCUT2D eigenvalue weighted by Crippen LogP contribution is 2.18. The molecule has 0 saturated heterocycles. The van der Waals surface area contributed by atoms with Gasteiger partial charge in [-0.15, -0.1) is 6.42 Å². The topological polar surface area (TPSA) is 61.4 Å². The summed E-state index contributed by atoms with van der Waals surface area (Å²) >= 11 is 0. The van der Waals surface area contributed by atoms with Crippen LogP contribution in [-0.4, -0.2) is 24.1 Å². The van der Waals surface area contributed by atoms with E-state index in [1.165, 1.54) is 12.1 Å². The molecular formula is C11H11FN2O2. The van der Waals surface area contributed by atoms with Gasteiger partial charge in [0.1, 0.15) is 0 Å². The molecule has 5 heteroatoms. The van der Waals surface area contributed by atoms with Gasteiger partial charge in [-0.05, 0) is 12.1 Å². The van der Waals surface area contributed by atoms with Crippen LogP contribution in [0.5, 0.6) is 5.75 Å². The van der Waals surface area contributed by atoms with Crippen LogP contribution in [0, 0.1) is 18.2 Å². The van der Waals surface area contributed by atoms with Crippen LogP contribution in [0.4, 0.5) is 10.1 Å². The summed E-state index contributed by atoms with van der Waals surface area (Å²) in [6, 6.07) is 3.60. The van der Waals surface area contributed by atoms with Gasteiger partial charge in [-0.3, -0.25) is 10.1 Å². The average Bonchev–Trinajstić information content (AvgIpc) is 2.24. The fraction of sp³-hybridized carbons (Fsp3) is 0.182. The molecule has 16 heavy (non-hydrogen) atoms. The van der Waals surface area contributed by atoms with E-state index in [2.05, 4.69) is 16.6 Å². The molecule has 0 spiro atoms. The Kier molecular flexibility index (Phi) is 4.30. The van der Waals surface area contributed by atoms with Crippen molar-refractivity contribution in [2.24, 2.45) is 0 Å². The van der Waals surface area contributed by atoms with Gasteiger partial charge in [-0.1, -0.05) is 5.92 Å². The maximum Gasteiger partial charge on any atom is 0.238 e. The van der Waals surface area contributed by atoms with Gasteiger partial charge in [0.2, 0.25) is 5.91 Å². The summed E-state index contributed by atoms with van der Waals surface area (Å²) in [6.07, 6.45) is 4.98. The monoisotopic (exact) mass is 222 g/mol. The molecule has 0 aliphatic rings. The van der Waals surface area contributed by atoms with E-state index in [1.807, 2.05) is 0 Å². The zero-order valence-corrected chi connectivity index (χ0v) is 8.46. The van der Waals surface area contributed by atoms with E-state index in [0.717, 1.165) is 6.07 Å². The van der Waals surface area contributed by atoms with Crippen molar-refractivity contribution in [3.8, 4) is 18.1 Å². The van der Waals surface area contributed by atoms with Gasteiger partial charge in [0, 0.05) is 11.8 Å². The summed E-state index contributed by atoms with van der Waals surface area (Å²) < 4.78 is 12.9. The molecule has 84 valence electrons. The van der Waals surface area contributed by atoms with Crippen molar-refractivity contribution in [3.63, 3.8) is 0 Å². The molecule has 0 unspecified atom stereocenters. The van der Waals surface area contributed by atoms with Gasteiger partial charge in [0.15, 0.2) is 11.6 Å². The number of hydrogen-bond acceptors (Lipinski definition) is 3. The molecule has 1 rings (SSSR count). The molecule has 0 atom stereocenters. The Hall–Kier alpha value is -2.06. The Balaban J connectivity index is 2.50. The van der Waals surface area contributed by atoms with Gasteiger partial charge < -0.3 is 10.4 Å². The normalized spacial score (nSPS) is 9.50. The Morgan fingerprint density at radius 2 is 2.31 bits per heavy atom. The van der Waals surface area contributed by atoms with E-state index in [1.54, 1.807) is 0 Å². The van der Waals surface area contributed by atoms with Crippen molar-refractivity contribution in [3.05, 3.63) is 24.0 Å². The molecule has 3 N–H and O–H groups in total. The maximum atomic E-state index is 12.9. The van der Waals surface area contributed by atoms with Crippen molar-refractivity contribution in [2.45, 2.75) is 0 Å². The predicted molar refractivity (Wildman–Crippen MR) is 58.4 cm³/mol. The number of amides is 1. The van der Waals surface area contributed by atoms with Crippen LogP contribution in [0.25, 0.3) is 0 Å². The van der Waals surface area contributed by atoms with Gasteiger partial charge >= 0.3 is 0 Å². The number of carbonyl (C=O) groups is 1. The van der Waals surface area contributed by atoms with E-state index >= 15 is 0 Å². The minimum Gasteiger partial charge on any atom is -0.505 e. The Morgan fingerprint density at radius 1 is 1.56 bits per heavy atom. The largest absolute Gasteiger partial charge is 0.505 e. The molecule has 0 heterocycles. The molecule has 0 saturated carbocycles. The molecule has 4 nitrogen and oxygen atoms in total. The number of terminal acetylenes is 1. The number of nitrogens with one attached hydrogen (secondary N) is 2. The van der Waals surface area contributed by atoms with Gasteiger partial charge in [0.05, 0.1) is 13.1 Å². The molecule has 0 radical (unpaired) electrons. The van der Waals surface area contributed by atoms with Crippen LogP contribution < -0.4 is 10.6 Å². The molecule has 1 aromatic carbocycles. The molecule has 0 aliphatic carbocycles. The number of hydrogen-bond donors (Lipinski definition) is 3. The zero-order valence-electron chi connectivity index (χ0n) is 8.46. The smallest absolute Gasteiger partial charge is 0.238 e. The lowest BCUT2D eigenvalue weighted by molar-refractivity contribution is -0.115. The fourth-order valence-corrected chi connectivity index (χ4v) is 1.04. The first-order chi connectivity index (χ1) is 7.63. The zero-order chi connectivity index (χ0) is 12.0. The first-order valence-corrected chi connectivity index (χ1v) is 4.56. The number of carbonyl (C=O) groups excluding carboxylic acids is 1. The van der Waals surface area contributed by atoms with Gasteiger partial charge in [-0.2, -0.15) is 0 Å². The van der Waals surface area contributed by atoms with Crippen molar-refractivity contribution in [1.29, 1.82) is 0 Å². The predicted octanol–water partition coefficient (Wildman–Crippen LogP) is 0.693. The Labute approximate surface area is 92.5 Å². The number of benzene rings is 1. The molecule has 1 amide bonds. The molecule has 0 bridgehead atoms. The number of aromatic hydroxyl groups is 1. The standard InChI is InChI=1S/C11H11FN2O2/c1-2-5-13-7-11(16)14-8-3-4-10(15)9(12)6-8/h1,3-4,6,13,15H,5,7H2,(H,14,16). The number of anilines is 1. The summed E-state index contributed by atoms with van der Waals surface area (Å²) in [5, 5.41) is 14.1. The maximum absolute atomic E-state index is 12.9. The van der Waals surface area contributed by atoms with Crippen LogP contribution in [0.15, 0.2) is 18.2 Å². The molecular weight excluding hydrogens is 211 g/mol. The van der Waals surface area contributed by atoms with Crippen LogP contribution in [0.3, 0.4) is 0 Å². The fourth-order valence-electron chi connectivity index (χ4n) is 1.04. The first-order valence-electron chi connectivity index (χ1n) is 4.56. The Bertz CT molecular complexity index is 426.